The molecular weight excluding hydrogens is 527 g/mol. The number of thiophene rings is 2. The summed E-state index contributed by atoms with van der Waals surface area (Å²) in [6.45, 7) is 0. The van der Waals surface area contributed by atoms with Gasteiger partial charge in [0.15, 0.2) is 5.82 Å². The monoisotopic (exact) mass is 545 g/mol. The zero-order chi connectivity index (χ0) is 26.2. The van der Waals surface area contributed by atoms with Crippen LogP contribution in [-0.4, -0.2) is 15.0 Å². The molecule has 40 heavy (non-hydrogen) atoms. The van der Waals surface area contributed by atoms with Gasteiger partial charge < -0.3 is 0 Å². The zero-order valence-electron chi connectivity index (χ0n) is 21.1. The molecule has 0 saturated carbocycles. The molecule has 0 aliphatic carbocycles. The Balaban J connectivity index is 1.45. The van der Waals surface area contributed by atoms with Crippen molar-refractivity contribution in [1.29, 1.82) is 0 Å². The van der Waals surface area contributed by atoms with Crippen molar-refractivity contribution in [2.75, 3.05) is 0 Å². The Bertz CT molecular complexity index is 2440. The molecule has 3 nitrogen and oxygen atoms in total. The van der Waals surface area contributed by atoms with Crippen molar-refractivity contribution in [3.05, 3.63) is 115 Å². The van der Waals surface area contributed by atoms with Crippen LogP contribution in [0.1, 0.15) is 0 Å². The number of para-hydroxylation sites is 1. The van der Waals surface area contributed by atoms with Crippen LogP contribution in [0.5, 0.6) is 0 Å². The number of aromatic nitrogens is 3. The number of nitrogens with zero attached hydrogens (tertiary/aromatic N) is 3. The predicted molar refractivity (Wildman–Crippen MR) is 171 cm³/mol. The highest BCUT2D eigenvalue weighted by atomic mass is 32.1. The van der Waals surface area contributed by atoms with Gasteiger partial charge >= 0.3 is 0 Å². The lowest BCUT2D eigenvalue weighted by atomic mass is 10.0. The third kappa shape index (κ3) is 3.13. The van der Waals surface area contributed by atoms with E-state index >= 15 is 0 Å². The number of rotatable bonds is 2. The largest absolute Gasteiger partial charge is 0.244 e. The average molecular weight is 546 g/mol. The quantitative estimate of drug-likeness (QED) is 0.203. The molecule has 0 N–H and O–H groups in total. The summed E-state index contributed by atoms with van der Waals surface area (Å²) in [7, 11) is 0. The molecule has 0 bridgehead atoms. The first-order valence-corrected chi connectivity index (χ1v) is 14.8. The van der Waals surface area contributed by atoms with Crippen molar-refractivity contribution in [3.8, 4) is 22.8 Å². The lowest BCUT2D eigenvalue weighted by molar-refractivity contribution is 1.21. The second-order valence-corrected chi connectivity index (χ2v) is 12.1. The minimum Gasteiger partial charge on any atom is -0.244 e. The molecule has 9 aromatic rings. The van der Waals surface area contributed by atoms with Crippen molar-refractivity contribution < 1.29 is 0 Å². The molecule has 4 aromatic heterocycles. The van der Waals surface area contributed by atoms with Crippen molar-refractivity contribution >= 4 is 84.8 Å². The van der Waals surface area contributed by atoms with Crippen LogP contribution in [0, 0.1) is 0 Å². The molecule has 0 radical (unpaired) electrons. The van der Waals surface area contributed by atoms with E-state index in [1.807, 2.05) is 17.4 Å². The van der Waals surface area contributed by atoms with Crippen molar-refractivity contribution in [1.82, 2.24) is 15.0 Å². The van der Waals surface area contributed by atoms with Crippen LogP contribution in [0.3, 0.4) is 0 Å². The van der Waals surface area contributed by atoms with Crippen LogP contribution < -0.4 is 0 Å². The molecule has 9 rings (SSSR count). The smallest absolute Gasteiger partial charge is 0.180 e. The first-order valence-electron chi connectivity index (χ1n) is 13.2. The van der Waals surface area contributed by atoms with Crippen molar-refractivity contribution in [2.24, 2.45) is 0 Å². The second kappa shape index (κ2) is 8.39. The van der Waals surface area contributed by atoms with Crippen LogP contribution >= 0.6 is 22.7 Å². The number of pyridine rings is 1. The van der Waals surface area contributed by atoms with Crippen LogP contribution in [0.2, 0.25) is 0 Å². The third-order valence-corrected chi connectivity index (χ3v) is 10.1. The minimum absolute atomic E-state index is 0.658. The van der Waals surface area contributed by atoms with Crippen LogP contribution in [-0.2, 0) is 0 Å². The van der Waals surface area contributed by atoms with Gasteiger partial charge in [-0.2, -0.15) is 0 Å². The summed E-state index contributed by atoms with van der Waals surface area (Å²) in [5, 5.41) is 7.18. The molecule has 0 amide bonds. The number of hydrogen-bond donors (Lipinski definition) is 0. The van der Waals surface area contributed by atoms with Crippen LogP contribution in [0.4, 0.5) is 0 Å². The minimum atomic E-state index is 0.658. The summed E-state index contributed by atoms with van der Waals surface area (Å²) < 4.78 is 4.89. The van der Waals surface area contributed by atoms with Crippen molar-refractivity contribution in [3.63, 3.8) is 0 Å². The Labute approximate surface area is 237 Å². The Morgan fingerprint density at radius 2 is 1.07 bits per heavy atom. The molecule has 0 aliphatic heterocycles. The van der Waals surface area contributed by atoms with Gasteiger partial charge in [-0.15, -0.1) is 22.7 Å². The molecule has 0 fully saturated rings. The summed E-state index contributed by atoms with van der Waals surface area (Å²) in [5.74, 6) is 0.658. The number of fused-ring (bicyclic) bond motifs is 10. The van der Waals surface area contributed by atoms with Gasteiger partial charge in [0.05, 0.1) is 21.4 Å². The predicted octanol–water partition coefficient (Wildman–Crippen LogP) is 10.2. The normalized spacial score (nSPS) is 12.0. The molecule has 0 spiro atoms. The van der Waals surface area contributed by atoms with E-state index in [2.05, 4.69) is 109 Å². The highest BCUT2D eigenvalue weighted by molar-refractivity contribution is 7.27. The molecule has 0 saturated heterocycles. The molecule has 186 valence electrons. The zero-order valence-corrected chi connectivity index (χ0v) is 22.8. The third-order valence-electron chi connectivity index (χ3n) is 7.69. The molecule has 5 aromatic carbocycles. The van der Waals surface area contributed by atoms with E-state index in [1.54, 1.807) is 11.3 Å². The summed E-state index contributed by atoms with van der Waals surface area (Å²) in [6.07, 6.45) is 0. The SMILES string of the molecule is c1ccc(-c2nc(-c3nc4ccccc4c4c3ccc3c5ccccc5sc34)nc3c2sc2ccccc23)cc1. The first kappa shape index (κ1) is 22.1. The van der Waals surface area contributed by atoms with Gasteiger partial charge in [-0.1, -0.05) is 97.1 Å². The standard InChI is InChI=1S/C35H19N3S2/c1-2-10-20(11-3-1)30-34-31(24-14-6-9-17-28(24)40-34)38-35(37-30)32-25-19-18-22-21-12-5-8-16-27(21)39-33(22)29(25)23-13-4-7-15-26(23)36-32/h1-19H. The van der Waals surface area contributed by atoms with E-state index in [1.165, 1.54) is 30.3 Å². The Morgan fingerprint density at radius 3 is 1.93 bits per heavy atom. The molecule has 0 aliphatic rings. The maximum Gasteiger partial charge on any atom is 0.180 e. The highest BCUT2D eigenvalue weighted by Crippen LogP contribution is 2.44. The van der Waals surface area contributed by atoms with Gasteiger partial charge in [-0.3, -0.25) is 0 Å². The number of hydrogen-bond acceptors (Lipinski definition) is 5. The fourth-order valence-electron chi connectivity index (χ4n) is 5.88. The second-order valence-electron chi connectivity index (χ2n) is 9.98. The van der Waals surface area contributed by atoms with E-state index in [0.717, 1.165) is 48.8 Å². The lowest BCUT2D eigenvalue weighted by Gasteiger charge is -2.12. The summed E-state index contributed by atoms with van der Waals surface area (Å²) in [5.41, 5.74) is 4.79. The fraction of sp³-hybridized carbons (Fsp3) is 0. The maximum absolute atomic E-state index is 5.26. The Morgan fingerprint density at radius 1 is 0.425 bits per heavy atom. The topological polar surface area (TPSA) is 38.7 Å². The fourth-order valence-corrected chi connectivity index (χ4v) is 8.29. The average Bonchev–Trinajstić information content (AvgIpc) is 3.59. The van der Waals surface area contributed by atoms with Gasteiger partial charge in [0, 0.05) is 52.0 Å². The molecule has 4 heterocycles. The molecular formula is C35H19N3S2. The van der Waals surface area contributed by atoms with Crippen LogP contribution in [0.15, 0.2) is 115 Å². The van der Waals surface area contributed by atoms with E-state index in [9.17, 15) is 0 Å². The van der Waals surface area contributed by atoms with Crippen LogP contribution in [0.25, 0.3) is 84.9 Å². The Hall–Kier alpha value is -4.71. The number of benzene rings is 5. The lowest BCUT2D eigenvalue weighted by Crippen LogP contribution is -1.97. The molecule has 0 unspecified atom stereocenters. The first-order chi connectivity index (χ1) is 19.8. The molecule has 5 heteroatoms. The summed E-state index contributed by atoms with van der Waals surface area (Å²) >= 11 is 3.60. The van der Waals surface area contributed by atoms with E-state index in [-0.39, 0.29) is 0 Å². The van der Waals surface area contributed by atoms with Gasteiger partial charge in [0.1, 0.15) is 5.69 Å². The summed E-state index contributed by atoms with van der Waals surface area (Å²) in [4.78, 5) is 15.7. The van der Waals surface area contributed by atoms with Crippen molar-refractivity contribution in [2.45, 2.75) is 0 Å². The van der Waals surface area contributed by atoms with Gasteiger partial charge in [-0.25, -0.2) is 15.0 Å². The van der Waals surface area contributed by atoms with E-state index in [0.29, 0.717) is 5.82 Å². The van der Waals surface area contributed by atoms with E-state index < -0.39 is 0 Å². The van der Waals surface area contributed by atoms with Gasteiger partial charge in [0.25, 0.3) is 0 Å². The highest BCUT2D eigenvalue weighted by Gasteiger charge is 2.21. The summed E-state index contributed by atoms with van der Waals surface area (Å²) in [6, 6.07) is 40.5. The van der Waals surface area contributed by atoms with Gasteiger partial charge in [0.2, 0.25) is 0 Å². The van der Waals surface area contributed by atoms with Gasteiger partial charge in [-0.05, 0) is 18.2 Å². The Kier molecular flexibility index (Phi) is 4.65. The molecule has 0 atom stereocenters. The van der Waals surface area contributed by atoms with E-state index in [4.69, 9.17) is 15.0 Å². The maximum atomic E-state index is 5.26.